The minimum Gasteiger partial charge on any atom is -0.347 e. The van der Waals surface area contributed by atoms with E-state index in [4.69, 9.17) is 11.6 Å². The van der Waals surface area contributed by atoms with E-state index < -0.39 is 0 Å². The van der Waals surface area contributed by atoms with E-state index in [0.717, 1.165) is 20.4 Å². The van der Waals surface area contributed by atoms with Gasteiger partial charge in [0.25, 0.3) is 0 Å². The molecule has 1 heterocycles. The van der Waals surface area contributed by atoms with Crippen LogP contribution in [0.3, 0.4) is 0 Å². The van der Waals surface area contributed by atoms with Gasteiger partial charge in [-0.25, -0.2) is 4.98 Å². The van der Waals surface area contributed by atoms with Crippen LogP contribution in [0.25, 0.3) is 11.0 Å². The number of aromatic nitrogens is 2. The normalized spacial score (nSPS) is 12.7. The number of imidazole rings is 1. The number of hydrogen-bond acceptors (Lipinski definition) is 2. The Bertz CT molecular complexity index is 639. The molecule has 0 aliphatic carbocycles. The molecule has 4 nitrogen and oxygen atoms in total. The maximum Gasteiger partial charge on any atom is 0.244 e. The fraction of sp³-hybridized carbons (Fsp3) is 0.429. The predicted octanol–water partition coefficient (Wildman–Crippen LogP) is 3.07. The first-order chi connectivity index (χ1) is 9.45. The summed E-state index contributed by atoms with van der Waals surface area (Å²) in [5, 5.41) is 0. The quantitative estimate of drug-likeness (QED) is 0.579. The molecule has 0 saturated heterocycles. The molecule has 6 heteroatoms. The second kappa shape index (κ2) is 6.30. The van der Waals surface area contributed by atoms with Crippen LogP contribution in [0.15, 0.2) is 18.2 Å². The molecule has 2 aromatic rings. The number of rotatable bonds is 4. The summed E-state index contributed by atoms with van der Waals surface area (Å²) < 4.78 is 3.12. The molecule has 20 heavy (non-hydrogen) atoms. The molecule has 0 fully saturated rings. The average Bonchev–Trinajstić information content (AvgIpc) is 2.74. The molecular weight excluding hydrogens is 389 g/mol. The van der Waals surface area contributed by atoms with E-state index in [0.29, 0.717) is 12.3 Å². The highest BCUT2D eigenvalue weighted by atomic mass is 127. The molecule has 0 aliphatic rings. The van der Waals surface area contributed by atoms with Gasteiger partial charge in [-0.2, -0.15) is 0 Å². The van der Waals surface area contributed by atoms with Crippen molar-refractivity contribution < 1.29 is 4.79 Å². The number of benzene rings is 1. The predicted molar refractivity (Wildman–Crippen MR) is 90.3 cm³/mol. The second-order valence-electron chi connectivity index (χ2n) is 4.88. The van der Waals surface area contributed by atoms with Crippen LogP contribution >= 0.6 is 34.2 Å². The van der Waals surface area contributed by atoms with Gasteiger partial charge in [0.2, 0.25) is 5.91 Å². The van der Waals surface area contributed by atoms with Crippen LogP contribution in [0, 0.1) is 3.57 Å². The molecular formula is C14H17ClIN3O. The molecule has 108 valence electrons. The molecule has 1 unspecified atom stereocenters. The zero-order chi connectivity index (χ0) is 14.9. The first-order valence-corrected chi connectivity index (χ1v) is 8.00. The summed E-state index contributed by atoms with van der Waals surface area (Å²) in [4.78, 5) is 18.5. The van der Waals surface area contributed by atoms with Crippen molar-refractivity contribution in [2.45, 2.75) is 19.4 Å². The van der Waals surface area contributed by atoms with Gasteiger partial charge in [0.1, 0.15) is 11.9 Å². The lowest BCUT2D eigenvalue weighted by molar-refractivity contribution is -0.131. The summed E-state index contributed by atoms with van der Waals surface area (Å²) in [6.07, 6.45) is 0.651. The van der Waals surface area contributed by atoms with Gasteiger partial charge in [0.15, 0.2) is 0 Å². The topological polar surface area (TPSA) is 38.1 Å². The number of hydrogen-bond donors (Lipinski definition) is 0. The standard InChI is InChI=1S/C14H17ClIN3O/c1-9(14(20)18(2)3)19-12-5-4-10(16)8-11(12)17-13(19)6-7-15/h4-5,8-9H,6-7H2,1-3H3. The van der Waals surface area contributed by atoms with E-state index in [2.05, 4.69) is 27.6 Å². The highest BCUT2D eigenvalue weighted by molar-refractivity contribution is 14.1. The van der Waals surface area contributed by atoms with Crippen molar-refractivity contribution in [1.29, 1.82) is 0 Å². The molecule has 0 saturated carbocycles. The van der Waals surface area contributed by atoms with Gasteiger partial charge < -0.3 is 9.47 Å². The summed E-state index contributed by atoms with van der Waals surface area (Å²) in [5.41, 5.74) is 1.89. The van der Waals surface area contributed by atoms with Crippen molar-refractivity contribution in [3.63, 3.8) is 0 Å². The van der Waals surface area contributed by atoms with Crippen molar-refractivity contribution in [2.24, 2.45) is 0 Å². The summed E-state index contributed by atoms with van der Waals surface area (Å²) in [6, 6.07) is 5.78. The van der Waals surface area contributed by atoms with Gasteiger partial charge in [-0.1, -0.05) is 0 Å². The van der Waals surface area contributed by atoms with E-state index in [1.165, 1.54) is 0 Å². The lowest BCUT2D eigenvalue weighted by atomic mass is 10.2. The maximum absolute atomic E-state index is 12.3. The first kappa shape index (κ1) is 15.6. The Balaban J connectivity index is 2.59. The minimum atomic E-state index is -0.284. The Morgan fingerprint density at radius 1 is 1.50 bits per heavy atom. The summed E-state index contributed by atoms with van der Waals surface area (Å²) in [6.45, 7) is 1.90. The van der Waals surface area contributed by atoms with Crippen molar-refractivity contribution >= 4 is 51.1 Å². The van der Waals surface area contributed by atoms with Crippen molar-refractivity contribution in [1.82, 2.24) is 14.5 Å². The molecule has 0 spiro atoms. The lowest BCUT2D eigenvalue weighted by Gasteiger charge is -2.20. The van der Waals surface area contributed by atoms with Gasteiger partial charge in [-0.15, -0.1) is 11.6 Å². The van der Waals surface area contributed by atoms with E-state index in [1.807, 2.05) is 29.7 Å². The van der Waals surface area contributed by atoms with Crippen molar-refractivity contribution in [3.05, 3.63) is 27.6 Å². The first-order valence-electron chi connectivity index (χ1n) is 6.39. The van der Waals surface area contributed by atoms with Gasteiger partial charge >= 0.3 is 0 Å². The smallest absolute Gasteiger partial charge is 0.244 e. The Labute approximate surface area is 137 Å². The van der Waals surface area contributed by atoms with Gasteiger partial charge in [-0.05, 0) is 47.7 Å². The average molecular weight is 406 g/mol. The number of fused-ring (bicyclic) bond motifs is 1. The van der Waals surface area contributed by atoms with Crippen molar-refractivity contribution in [2.75, 3.05) is 20.0 Å². The fourth-order valence-electron chi connectivity index (χ4n) is 2.30. The van der Waals surface area contributed by atoms with Crippen LogP contribution in [0.4, 0.5) is 0 Å². The van der Waals surface area contributed by atoms with Crippen LogP contribution in [0.1, 0.15) is 18.8 Å². The van der Waals surface area contributed by atoms with E-state index in [9.17, 15) is 4.79 Å². The number of aryl methyl sites for hydroxylation is 1. The number of carbonyl (C=O) groups excluding carboxylic acids is 1. The molecule has 2 rings (SSSR count). The molecule has 0 aliphatic heterocycles. The van der Waals surface area contributed by atoms with Crippen LogP contribution < -0.4 is 0 Å². The number of halogens is 2. The molecule has 0 N–H and O–H groups in total. The van der Waals surface area contributed by atoms with E-state index in [-0.39, 0.29) is 11.9 Å². The van der Waals surface area contributed by atoms with E-state index >= 15 is 0 Å². The molecule has 0 bridgehead atoms. The third kappa shape index (κ3) is 2.93. The third-order valence-corrected chi connectivity index (χ3v) is 4.09. The van der Waals surface area contributed by atoms with Crippen LogP contribution in [0.5, 0.6) is 0 Å². The Morgan fingerprint density at radius 2 is 2.20 bits per heavy atom. The third-order valence-electron chi connectivity index (χ3n) is 3.23. The zero-order valence-corrected chi connectivity index (χ0v) is 14.6. The number of likely N-dealkylation sites (N-methyl/N-ethyl adjacent to an activating group) is 1. The Morgan fingerprint density at radius 3 is 2.80 bits per heavy atom. The summed E-state index contributed by atoms with van der Waals surface area (Å²) >= 11 is 8.12. The molecule has 1 amide bonds. The fourth-order valence-corrected chi connectivity index (χ4v) is 2.94. The van der Waals surface area contributed by atoms with Crippen LogP contribution in [-0.4, -0.2) is 40.3 Å². The van der Waals surface area contributed by atoms with Crippen LogP contribution in [0.2, 0.25) is 0 Å². The van der Waals surface area contributed by atoms with Gasteiger partial charge in [0.05, 0.1) is 11.0 Å². The summed E-state index contributed by atoms with van der Waals surface area (Å²) in [7, 11) is 3.53. The zero-order valence-electron chi connectivity index (χ0n) is 11.7. The molecule has 1 aromatic heterocycles. The molecule has 1 atom stereocenters. The highest BCUT2D eigenvalue weighted by Crippen LogP contribution is 2.24. The number of alkyl halides is 1. The van der Waals surface area contributed by atoms with Gasteiger partial charge in [-0.3, -0.25) is 4.79 Å². The Hall–Kier alpha value is -0.820. The monoisotopic (exact) mass is 405 g/mol. The SMILES string of the molecule is CC(C(=O)N(C)C)n1c(CCCl)nc2cc(I)ccc21. The summed E-state index contributed by atoms with van der Waals surface area (Å²) in [5.74, 6) is 1.40. The van der Waals surface area contributed by atoms with E-state index in [1.54, 1.807) is 19.0 Å². The number of carbonyl (C=O) groups is 1. The largest absolute Gasteiger partial charge is 0.347 e. The van der Waals surface area contributed by atoms with Gasteiger partial charge in [0, 0.05) is 30.0 Å². The molecule has 1 aromatic carbocycles. The maximum atomic E-state index is 12.3. The Kier molecular flexibility index (Phi) is 4.90. The molecule has 0 radical (unpaired) electrons. The highest BCUT2D eigenvalue weighted by Gasteiger charge is 2.22. The van der Waals surface area contributed by atoms with Crippen LogP contribution in [-0.2, 0) is 11.2 Å². The minimum absolute atomic E-state index is 0.0543. The second-order valence-corrected chi connectivity index (χ2v) is 6.50. The lowest BCUT2D eigenvalue weighted by Crippen LogP contribution is -2.30. The van der Waals surface area contributed by atoms with Crippen molar-refractivity contribution in [3.8, 4) is 0 Å². The number of nitrogens with zero attached hydrogens (tertiary/aromatic N) is 3. The number of amides is 1.